The highest BCUT2D eigenvalue weighted by Gasteiger charge is 2.23. The Bertz CT molecular complexity index is 712. The van der Waals surface area contributed by atoms with Crippen molar-refractivity contribution >= 4 is 5.91 Å². The van der Waals surface area contributed by atoms with Gasteiger partial charge in [-0.15, -0.1) is 0 Å². The average molecular weight is 346 g/mol. The highest BCUT2D eigenvalue weighted by molar-refractivity contribution is 5.94. The summed E-state index contributed by atoms with van der Waals surface area (Å²) in [6.45, 7) is 5.18. The van der Waals surface area contributed by atoms with Gasteiger partial charge in [0.25, 0.3) is 5.91 Å². The molecule has 134 valence electrons. The molecule has 0 spiro atoms. The van der Waals surface area contributed by atoms with E-state index in [1.54, 1.807) is 35.5 Å². The van der Waals surface area contributed by atoms with Crippen LogP contribution in [-0.4, -0.2) is 69.4 Å². The monoisotopic (exact) mass is 346 g/mol. The number of β-amino-alcohol motifs (C(OH)–C–C–N with tert-alkyl or cyclic N) is 1. The Balaban J connectivity index is 1.63. The van der Waals surface area contributed by atoms with E-state index in [0.717, 1.165) is 19.5 Å². The van der Waals surface area contributed by atoms with Crippen molar-refractivity contribution in [3.8, 4) is 5.69 Å². The van der Waals surface area contributed by atoms with E-state index in [-0.39, 0.29) is 12.0 Å². The maximum Gasteiger partial charge on any atom is 0.254 e. The predicted molar refractivity (Wildman–Crippen MR) is 92.2 cm³/mol. The molecule has 25 heavy (non-hydrogen) atoms. The van der Waals surface area contributed by atoms with Gasteiger partial charge in [-0.2, -0.15) is 5.10 Å². The van der Waals surface area contributed by atoms with E-state index in [0.29, 0.717) is 30.9 Å². The number of nitrogens with zero attached hydrogens (tertiary/aromatic N) is 4. The summed E-state index contributed by atoms with van der Waals surface area (Å²) in [6, 6.07) is 6.19. The first-order chi connectivity index (χ1) is 12.1. The molecule has 1 atom stereocenters. The average Bonchev–Trinajstić information content (AvgIpc) is 3.16. The first-order valence-corrected chi connectivity index (χ1v) is 8.57. The zero-order valence-electron chi connectivity index (χ0n) is 14.3. The van der Waals surface area contributed by atoms with Gasteiger partial charge in [-0.25, -0.2) is 9.07 Å². The molecule has 1 aliphatic heterocycles. The van der Waals surface area contributed by atoms with Crippen molar-refractivity contribution < 1.29 is 14.3 Å². The number of benzene rings is 1. The fraction of sp³-hybridized carbons (Fsp3) is 0.444. The molecule has 7 heteroatoms. The Morgan fingerprint density at radius 1 is 1.32 bits per heavy atom. The van der Waals surface area contributed by atoms with Crippen molar-refractivity contribution in [2.75, 3.05) is 32.7 Å². The summed E-state index contributed by atoms with van der Waals surface area (Å²) in [7, 11) is 0. The molecule has 0 saturated carbocycles. The van der Waals surface area contributed by atoms with Gasteiger partial charge in [-0.3, -0.25) is 9.69 Å². The quantitative estimate of drug-likeness (QED) is 0.892. The SMILES string of the molecule is CC[C@@H](O)CN1CCN(C(=O)c2ccc(-n3cccn3)c(F)c2)CC1. The van der Waals surface area contributed by atoms with Crippen LogP contribution in [0.2, 0.25) is 0 Å². The fourth-order valence-electron chi connectivity index (χ4n) is 2.98. The summed E-state index contributed by atoms with van der Waals surface area (Å²) in [5, 5.41) is 13.7. The lowest BCUT2D eigenvalue weighted by atomic mass is 10.1. The van der Waals surface area contributed by atoms with Crippen LogP contribution in [0.25, 0.3) is 5.69 Å². The minimum absolute atomic E-state index is 0.165. The van der Waals surface area contributed by atoms with Gasteiger partial charge in [0.1, 0.15) is 11.5 Å². The lowest BCUT2D eigenvalue weighted by Gasteiger charge is -2.35. The van der Waals surface area contributed by atoms with Crippen LogP contribution in [0.1, 0.15) is 23.7 Å². The standard InChI is InChI=1S/C18H23FN4O2/c1-2-15(24)13-21-8-10-22(11-9-21)18(25)14-4-5-17(16(19)12-14)23-7-3-6-20-23/h3-7,12,15,24H,2,8-11,13H2,1H3/t15-/m1/s1. The van der Waals surface area contributed by atoms with Crippen LogP contribution in [-0.2, 0) is 0 Å². The second-order valence-corrected chi connectivity index (χ2v) is 6.27. The summed E-state index contributed by atoms with van der Waals surface area (Å²) in [6.07, 6.45) is 3.63. The molecule has 6 nitrogen and oxygen atoms in total. The number of amides is 1. The molecule has 3 rings (SSSR count). The van der Waals surface area contributed by atoms with Gasteiger partial charge in [0.05, 0.1) is 6.10 Å². The van der Waals surface area contributed by atoms with Crippen LogP contribution in [0, 0.1) is 5.82 Å². The van der Waals surface area contributed by atoms with E-state index >= 15 is 0 Å². The number of aromatic nitrogens is 2. The number of carbonyl (C=O) groups is 1. The van der Waals surface area contributed by atoms with Gasteiger partial charge >= 0.3 is 0 Å². The van der Waals surface area contributed by atoms with Crippen LogP contribution in [0.4, 0.5) is 4.39 Å². The van der Waals surface area contributed by atoms with Crippen LogP contribution in [0.5, 0.6) is 0 Å². The number of halogens is 1. The molecule has 0 unspecified atom stereocenters. The zero-order valence-corrected chi connectivity index (χ0v) is 14.3. The largest absolute Gasteiger partial charge is 0.392 e. The molecule has 0 bridgehead atoms. The summed E-state index contributed by atoms with van der Waals surface area (Å²) < 4.78 is 15.7. The molecule has 1 aliphatic rings. The Kier molecular flexibility index (Phi) is 5.45. The Hall–Kier alpha value is -2.25. The van der Waals surface area contributed by atoms with E-state index < -0.39 is 5.82 Å². The van der Waals surface area contributed by atoms with Gasteiger partial charge in [-0.1, -0.05) is 6.92 Å². The van der Waals surface area contributed by atoms with Crippen LogP contribution >= 0.6 is 0 Å². The van der Waals surface area contributed by atoms with Crippen molar-refractivity contribution in [3.63, 3.8) is 0 Å². The van der Waals surface area contributed by atoms with E-state index in [1.807, 2.05) is 6.92 Å². The number of hydrogen-bond acceptors (Lipinski definition) is 4. The van der Waals surface area contributed by atoms with Gasteiger partial charge in [0.2, 0.25) is 0 Å². The molecule has 1 aromatic carbocycles. The molecule has 0 radical (unpaired) electrons. The summed E-state index contributed by atoms with van der Waals surface area (Å²) in [5.74, 6) is -0.638. The van der Waals surface area contributed by atoms with Gasteiger partial charge in [0, 0.05) is 50.7 Å². The number of hydrogen-bond donors (Lipinski definition) is 1. The topological polar surface area (TPSA) is 61.6 Å². The number of rotatable bonds is 5. The van der Waals surface area contributed by atoms with Gasteiger partial charge in [-0.05, 0) is 30.7 Å². The molecule has 0 aliphatic carbocycles. The predicted octanol–water partition coefficient (Wildman–Crippen LogP) is 1.54. The molecular formula is C18H23FN4O2. The minimum atomic E-state index is -0.473. The molecule has 2 aromatic rings. The second-order valence-electron chi connectivity index (χ2n) is 6.27. The molecule has 1 aromatic heterocycles. The first kappa shape index (κ1) is 17.6. The van der Waals surface area contributed by atoms with E-state index in [2.05, 4.69) is 10.00 Å². The zero-order chi connectivity index (χ0) is 17.8. The summed E-state index contributed by atoms with van der Waals surface area (Å²) in [4.78, 5) is 16.5. The van der Waals surface area contributed by atoms with Gasteiger partial charge in [0.15, 0.2) is 0 Å². The maximum atomic E-state index is 14.3. The maximum absolute atomic E-state index is 14.3. The van der Waals surface area contributed by atoms with E-state index in [4.69, 9.17) is 0 Å². The molecule has 1 N–H and O–H groups in total. The van der Waals surface area contributed by atoms with E-state index in [1.165, 1.54) is 10.7 Å². The van der Waals surface area contributed by atoms with E-state index in [9.17, 15) is 14.3 Å². The third kappa shape index (κ3) is 4.05. The van der Waals surface area contributed by atoms with Crippen LogP contribution in [0.15, 0.2) is 36.7 Å². The molecule has 1 amide bonds. The number of aliphatic hydroxyl groups excluding tert-OH is 1. The lowest BCUT2D eigenvalue weighted by molar-refractivity contribution is 0.0523. The number of piperazine rings is 1. The lowest BCUT2D eigenvalue weighted by Crippen LogP contribution is -2.50. The van der Waals surface area contributed by atoms with Crippen molar-refractivity contribution in [3.05, 3.63) is 48.0 Å². The smallest absolute Gasteiger partial charge is 0.254 e. The Morgan fingerprint density at radius 2 is 2.08 bits per heavy atom. The fourth-order valence-corrected chi connectivity index (χ4v) is 2.98. The normalized spacial score (nSPS) is 16.8. The summed E-state index contributed by atoms with van der Waals surface area (Å²) in [5.41, 5.74) is 0.662. The Morgan fingerprint density at radius 3 is 2.68 bits per heavy atom. The number of carbonyl (C=O) groups excluding carboxylic acids is 1. The number of aliphatic hydroxyl groups is 1. The second kappa shape index (κ2) is 7.76. The van der Waals surface area contributed by atoms with Gasteiger partial charge < -0.3 is 10.0 Å². The highest BCUT2D eigenvalue weighted by atomic mass is 19.1. The minimum Gasteiger partial charge on any atom is -0.392 e. The van der Waals surface area contributed by atoms with Crippen molar-refractivity contribution in [2.24, 2.45) is 0 Å². The van der Waals surface area contributed by atoms with Crippen LogP contribution in [0.3, 0.4) is 0 Å². The third-order valence-electron chi connectivity index (χ3n) is 4.55. The van der Waals surface area contributed by atoms with Crippen LogP contribution < -0.4 is 0 Å². The molecule has 1 saturated heterocycles. The first-order valence-electron chi connectivity index (χ1n) is 8.57. The Labute approximate surface area is 146 Å². The highest BCUT2D eigenvalue weighted by Crippen LogP contribution is 2.17. The third-order valence-corrected chi connectivity index (χ3v) is 4.55. The molecule has 1 fully saturated rings. The summed E-state index contributed by atoms with van der Waals surface area (Å²) >= 11 is 0. The molecular weight excluding hydrogens is 323 g/mol. The van der Waals surface area contributed by atoms with Crippen molar-refractivity contribution in [2.45, 2.75) is 19.4 Å². The van der Waals surface area contributed by atoms with Crippen molar-refractivity contribution in [1.29, 1.82) is 0 Å². The molecule has 2 heterocycles. The van der Waals surface area contributed by atoms with Crippen molar-refractivity contribution in [1.82, 2.24) is 19.6 Å².